The average Bonchev–Trinajstić information content (AvgIpc) is 2.66. The van der Waals surface area contributed by atoms with E-state index >= 15 is 0 Å². The summed E-state index contributed by atoms with van der Waals surface area (Å²) in [5, 5.41) is 0. The molecule has 7 heteroatoms. The molecule has 0 saturated heterocycles. The molecule has 6 nitrogen and oxygen atoms in total. The predicted octanol–water partition coefficient (Wildman–Crippen LogP) is 2.87. The normalized spacial score (nSPS) is 12.7. The van der Waals surface area contributed by atoms with Crippen LogP contribution in [-0.4, -0.2) is 30.9 Å². The highest BCUT2D eigenvalue weighted by Crippen LogP contribution is 2.23. The van der Waals surface area contributed by atoms with Crippen LogP contribution in [0, 0.1) is 0 Å². The number of ether oxygens (including phenoxy) is 1. The van der Waals surface area contributed by atoms with Crippen LogP contribution in [0.15, 0.2) is 12.3 Å². The van der Waals surface area contributed by atoms with Gasteiger partial charge in [0.1, 0.15) is 5.60 Å². The Balaban J connectivity index is 3.07. The molecule has 0 radical (unpaired) electrons. The van der Waals surface area contributed by atoms with Gasteiger partial charge in [0, 0.05) is 17.5 Å². The third kappa shape index (κ3) is 5.51. The van der Waals surface area contributed by atoms with Gasteiger partial charge in [0.25, 0.3) is 10.1 Å². The quantitative estimate of drug-likeness (QED) is 0.798. The van der Waals surface area contributed by atoms with Gasteiger partial charge in [-0.05, 0) is 32.8 Å². The van der Waals surface area contributed by atoms with Crippen LogP contribution in [0.3, 0.4) is 0 Å². The van der Waals surface area contributed by atoms with Crippen molar-refractivity contribution < 1.29 is 22.1 Å². The van der Waals surface area contributed by atoms with Gasteiger partial charge in [0.2, 0.25) is 0 Å². The standard InChI is InChI=1S/C14H23NO5S/c1-10(2)12-11(9-19-21(6,17)18)7-8-15(12)13(16)20-14(3,4)5/h7-8,10H,9H2,1-6H3. The van der Waals surface area contributed by atoms with Gasteiger partial charge in [-0.3, -0.25) is 8.75 Å². The summed E-state index contributed by atoms with van der Waals surface area (Å²) < 4.78 is 33.7. The first kappa shape index (κ1) is 17.7. The summed E-state index contributed by atoms with van der Waals surface area (Å²) in [5.41, 5.74) is 0.744. The second kappa shape index (κ2) is 6.19. The maximum Gasteiger partial charge on any atom is 0.418 e. The fraction of sp³-hybridized carbons (Fsp3) is 0.643. The largest absolute Gasteiger partial charge is 0.443 e. The molecule has 21 heavy (non-hydrogen) atoms. The molecule has 0 N–H and O–H groups in total. The Morgan fingerprint density at radius 2 is 1.90 bits per heavy atom. The van der Waals surface area contributed by atoms with Crippen molar-refractivity contribution in [1.29, 1.82) is 0 Å². The van der Waals surface area contributed by atoms with Crippen molar-refractivity contribution in [2.75, 3.05) is 6.26 Å². The third-order valence-electron chi connectivity index (χ3n) is 2.58. The van der Waals surface area contributed by atoms with Gasteiger partial charge in [-0.1, -0.05) is 13.8 Å². The van der Waals surface area contributed by atoms with E-state index in [0.717, 1.165) is 6.26 Å². The molecule has 1 heterocycles. The molecule has 0 aromatic carbocycles. The van der Waals surface area contributed by atoms with Crippen molar-refractivity contribution in [2.45, 2.75) is 52.7 Å². The average molecular weight is 317 g/mol. The van der Waals surface area contributed by atoms with Gasteiger partial charge in [-0.2, -0.15) is 8.42 Å². The van der Waals surface area contributed by atoms with E-state index in [1.165, 1.54) is 4.57 Å². The Hall–Kier alpha value is -1.34. The summed E-state index contributed by atoms with van der Waals surface area (Å²) in [6, 6.07) is 1.67. The maximum absolute atomic E-state index is 12.2. The van der Waals surface area contributed by atoms with Crippen molar-refractivity contribution in [1.82, 2.24) is 4.57 Å². The van der Waals surface area contributed by atoms with Gasteiger partial charge in [0.15, 0.2) is 0 Å². The van der Waals surface area contributed by atoms with Crippen molar-refractivity contribution in [3.8, 4) is 0 Å². The minimum absolute atomic E-state index is 0.0191. The lowest BCUT2D eigenvalue weighted by atomic mass is 10.1. The van der Waals surface area contributed by atoms with Crippen LogP contribution in [0.1, 0.15) is 51.8 Å². The lowest BCUT2D eigenvalue weighted by Crippen LogP contribution is -2.28. The van der Waals surface area contributed by atoms with E-state index in [2.05, 4.69) is 0 Å². The Bertz CT molecular complexity index is 608. The zero-order chi connectivity index (χ0) is 16.4. The first-order valence-corrected chi connectivity index (χ1v) is 8.50. The van der Waals surface area contributed by atoms with Crippen LogP contribution < -0.4 is 0 Å². The number of nitrogens with zero attached hydrogens (tertiary/aromatic N) is 1. The topological polar surface area (TPSA) is 74.6 Å². The Morgan fingerprint density at radius 3 is 2.33 bits per heavy atom. The fourth-order valence-corrected chi connectivity index (χ4v) is 2.24. The molecule has 0 fully saturated rings. The molecule has 1 aromatic heterocycles. The fourth-order valence-electron chi connectivity index (χ4n) is 1.90. The van der Waals surface area contributed by atoms with Crippen LogP contribution in [0.4, 0.5) is 4.79 Å². The van der Waals surface area contributed by atoms with Crippen molar-refractivity contribution in [3.05, 3.63) is 23.5 Å². The SMILES string of the molecule is CC(C)c1c(COS(C)(=O)=O)ccn1C(=O)OC(C)(C)C. The molecule has 0 amide bonds. The summed E-state index contributed by atoms with van der Waals surface area (Å²) in [5.74, 6) is 0.0191. The number of hydrogen-bond donors (Lipinski definition) is 0. The van der Waals surface area contributed by atoms with Crippen LogP contribution in [0.5, 0.6) is 0 Å². The first-order valence-electron chi connectivity index (χ1n) is 6.68. The lowest BCUT2D eigenvalue weighted by Gasteiger charge is -2.21. The zero-order valence-electron chi connectivity index (χ0n) is 13.3. The Labute approximate surface area is 126 Å². The molecule has 0 aliphatic heterocycles. The highest BCUT2D eigenvalue weighted by atomic mass is 32.2. The molecule has 0 bridgehead atoms. The van der Waals surface area contributed by atoms with E-state index in [9.17, 15) is 13.2 Å². The molecule has 0 aliphatic rings. The Morgan fingerprint density at radius 1 is 1.33 bits per heavy atom. The van der Waals surface area contributed by atoms with Gasteiger partial charge in [-0.25, -0.2) is 4.79 Å². The number of carbonyl (C=O) groups is 1. The number of aromatic nitrogens is 1. The smallest absolute Gasteiger partial charge is 0.418 e. The molecule has 0 spiro atoms. The van der Waals surface area contributed by atoms with E-state index in [-0.39, 0.29) is 12.5 Å². The molecule has 1 aromatic rings. The highest BCUT2D eigenvalue weighted by molar-refractivity contribution is 7.85. The summed E-state index contributed by atoms with van der Waals surface area (Å²) >= 11 is 0. The molecule has 0 unspecified atom stereocenters. The van der Waals surface area contributed by atoms with E-state index < -0.39 is 21.8 Å². The van der Waals surface area contributed by atoms with E-state index in [1.54, 1.807) is 33.0 Å². The minimum Gasteiger partial charge on any atom is -0.443 e. The van der Waals surface area contributed by atoms with Gasteiger partial charge < -0.3 is 4.74 Å². The first-order chi connectivity index (χ1) is 9.41. The monoisotopic (exact) mass is 317 g/mol. The van der Waals surface area contributed by atoms with Crippen molar-refractivity contribution in [2.24, 2.45) is 0 Å². The summed E-state index contributed by atoms with van der Waals surface area (Å²) in [4.78, 5) is 12.2. The minimum atomic E-state index is -3.53. The highest BCUT2D eigenvalue weighted by Gasteiger charge is 2.23. The van der Waals surface area contributed by atoms with Crippen LogP contribution >= 0.6 is 0 Å². The second-order valence-corrected chi connectivity index (χ2v) is 7.84. The van der Waals surface area contributed by atoms with E-state index in [4.69, 9.17) is 8.92 Å². The van der Waals surface area contributed by atoms with Gasteiger partial charge in [0.05, 0.1) is 12.9 Å². The van der Waals surface area contributed by atoms with Gasteiger partial charge >= 0.3 is 6.09 Å². The molecule has 120 valence electrons. The molecular formula is C14H23NO5S. The van der Waals surface area contributed by atoms with Crippen molar-refractivity contribution in [3.63, 3.8) is 0 Å². The summed E-state index contributed by atoms with van der Waals surface area (Å²) in [7, 11) is -3.53. The third-order valence-corrected chi connectivity index (χ3v) is 3.12. The number of rotatable bonds is 4. The molecule has 1 rings (SSSR count). The lowest BCUT2D eigenvalue weighted by molar-refractivity contribution is 0.0531. The van der Waals surface area contributed by atoms with Crippen molar-refractivity contribution >= 4 is 16.2 Å². The molecular weight excluding hydrogens is 294 g/mol. The number of carbonyl (C=O) groups excluding carboxylic acids is 1. The zero-order valence-corrected chi connectivity index (χ0v) is 14.2. The Kier molecular flexibility index (Phi) is 5.22. The molecule has 0 aliphatic carbocycles. The predicted molar refractivity (Wildman–Crippen MR) is 79.8 cm³/mol. The van der Waals surface area contributed by atoms with Crippen LogP contribution in [0.25, 0.3) is 0 Å². The van der Waals surface area contributed by atoms with Crippen LogP contribution in [0.2, 0.25) is 0 Å². The summed E-state index contributed by atoms with van der Waals surface area (Å²) in [6.45, 7) is 9.10. The maximum atomic E-state index is 12.2. The molecule has 0 saturated carbocycles. The molecule has 0 atom stereocenters. The van der Waals surface area contributed by atoms with E-state index in [1.807, 2.05) is 13.8 Å². The van der Waals surface area contributed by atoms with Crippen LogP contribution in [-0.2, 0) is 25.6 Å². The van der Waals surface area contributed by atoms with E-state index in [0.29, 0.717) is 11.3 Å². The second-order valence-electron chi connectivity index (χ2n) is 6.20. The van der Waals surface area contributed by atoms with Gasteiger partial charge in [-0.15, -0.1) is 0 Å². The number of hydrogen-bond acceptors (Lipinski definition) is 5. The summed E-state index contributed by atoms with van der Waals surface area (Å²) in [6.07, 6.45) is 2.08.